The van der Waals surface area contributed by atoms with Gasteiger partial charge in [0.2, 0.25) is 10.0 Å². The normalized spacial score (nSPS) is 18.2. The van der Waals surface area contributed by atoms with Crippen LogP contribution < -0.4 is 5.32 Å². The topological polar surface area (TPSA) is 71.4 Å². The van der Waals surface area contributed by atoms with Crippen molar-refractivity contribution in [2.75, 3.05) is 18.4 Å². The number of aromatic nitrogens is 1. The van der Waals surface area contributed by atoms with Crippen molar-refractivity contribution in [2.24, 2.45) is 13.0 Å². The molecule has 0 spiro atoms. The molecule has 1 fully saturated rings. The summed E-state index contributed by atoms with van der Waals surface area (Å²) in [7, 11) is -2.03. The summed E-state index contributed by atoms with van der Waals surface area (Å²) in [6.07, 6.45) is 1.85. The molecule has 1 saturated heterocycles. The molecule has 1 atom stereocenters. The molecule has 152 valence electrons. The van der Waals surface area contributed by atoms with Crippen molar-refractivity contribution in [3.63, 3.8) is 0 Å². The summed E-state index contributed by atoms with van der Waals surface area (Å²) in [5.74, 6) is -0.620. The number of hydrogen-bond donors (Lipinski definition) is 1. The van der Waals surface area contributed by atoms with Crippen LogP contribution in [-0.2, 0) is 17.1 Å². The molecule has 3 rings (SSSR count). The number of halogens is 1. The zero-order chi connectivity index (χ0) is 20.6. The molecule has 1 aliphatic rings. The molecule has 6 nitrogen and oxygen atoms in total. The van der Waals surface area contributed by atoms with Crippen molar-refractivity contribution in [3.05, 3.63) is 47.0 Å². The number of nitrogens with zero attached hydrogens (tertiary/aromatic N) is 2. The number of carbonyl (C=O) groups excluding carboxylic acids is 1. The van der Waals surface area contributed by atoms with Crippen LogP contribution in [0.5, 0.6) is 0 Å². The van der Waals surface area contributed by atoms with E-state index in [1.54, 1.807) is 31.5 Å². The second-order valence-corrected chi connectivity index (χ2v) is 9.40. The third-order valence-corrected chi connectivity index (χ3v) is 7.51. The van der Waals surface area contributed by atoms with Gasteiger partial charge in [-0.1, -0.05) is 13.0 Å². The number of benzene rings is 1. The number of anilines is 1. The Labute approximate surface area is 165 Å². The number of sulfonamides is 1. The lowest BCUT2D eigenvalue weighted by atomic mass is 10.0. The van der Waals surface area contributed by atoms with Gasteiger partial charge < -0.3 is 9.88 Å². The highest BCUT2D eigenvalue weighted by atomic mass is 32.2. The number of amides is 1. The largest absolute Gasteiger partial charge is 0.342 e. The minimum atomic E-state index is -3.70. The van der Waals surface area contributed by atoms with Gasteiger partial charge in [0, 0.05) is 37.1 Å². The van der Waals surface area contributed by atoms with Gasteiger partial charge in [-0.2, -0.15) is 4.31 Å². The minimum absolute atomic E-state index is 0.188. The lowest BCUT2D eigenvalue weighted by molar-refractivity contribution is 0.101. The summed E-state index contributed by atoms with van der Waals surface area (Å²) < 4.78 is 43.1. The maximum absolute atomic E-state index is 13.4. The van der Waals surface area contributed by atoms with Crippen LogP contribution in [0.1, 0.15) is 41.5 Å². The molecule has 28 heavy (non-hydrogen) atoms. The van der Waals surface area contributed by atoms with Gasteiger partial charge in [-0.3, -0.25) is 4.79 Å². The summed E-state index contributed by atoms with van der Waals surface area (Å²) >= 11 is 0. The summed E-state index contributed by atoms with van der Waals surface area (Å²) in [5.41, 5.74) is 1.50. The molecule has 0 aliphatic carbocycles. The Kier molecular flexibility index (Phi) is 5.63. The van der Waals surface area contributed by atoms with Crippen LogP contribution in [0.15, 0.2) is 29.2 Å². The Bertz CT molecular complexity index is 1010. The molecule has 2 aromatic rings. The van der Waals surface area contributed by atoms with Gasteiger partial charge >= 0.3 is 0 Å². The predicted octanol–water partition coefficient (Wildman–Crippen LogP) is 3.45. The van der Waals surface area contributed by atoms with E-state index in [1.165, 1.54) is 22.5 Å². The zero-order valence-corrected chi connectivity index (χ0v) is 17.4. The fraction of sp³-hybridized carbons (Fsp3) is 0.450. The first-order chi connectivity index (χ1) is 13.1. The maximum Gasteiger partial charge on any atom is 0.272 e. The molecule has 1 aliphatic heterocycles. The molecule has 1 amide bonds. The number of rotatable bonds is 4. The van der Waals surface area contributed by atoms with Crippen LogP contribution in [0.25, 0.3) is 0 Å². The summed E-state index contributed by atoms with van der Waals surface area (Å²) in [6, 6.07) is 5.59. The van der Waals surface area contributed by atoms with Crippen LogP contribution in [0.4, 0.5) is 10.1 Å². The average Bonchev–Trinajstić information content (AvgIpc) is 2.84. The molecule has 1 aromatic heterocycles. The van der Waals surface area contributed by atoms with Crippen molar-refractivity contribution in [3.8, 4) is 0 Å². The van der Waals surface area contributed by atoms with Crippen LogP contribution in [0.3, 0.4) is 0 Å². The molecule has 0 bridgehead atoms. The van der Waals surface area contributed by atoms with Crippen molar-refractivity contribution in [1.82, 2.24) is 8.87 Å². The molecule has 2 heterocycles. The Morgan fingerprint density at radius 2 is 2.00 bits per heavy atom. The number of hydrogen-bond acceptors (Lipinski definition) is 3. The highest BCUT2D eigenvalue weighted by Crippen LogP contribution is 2.31. The molecular formula is C20H26FN3O3S. The number of piperidine rings is 1. The minimum Gasteiger partial charge on any atom is -0.342 e. The van der Waals surface area contributed by atoms with E-state index in [0.717, 1.165) is 12.8 Å². The van der Waals surface area contributed by atoms with E-state index >= 15 is 0 Å². The van der Waals surface area contributed by atoms with Crippen LogP contribution >= 0.6 is 0 Å². The van der Waals surface area contributed by atoms with Gasteiger partial charge in [0.15, 0.2) is 0 Å². The Morgan fingerprint density at radius 3 is 2.64 bits per heavy atom. The molecular weight excluding hydrogens is 381 g/mol. The monoisotopic (exact) mass is 407 g/mol. The first kappa shape index (κ1) is 20.5. The van der Waals surface area contributed by atoms with E-state index in [0.29, 0.717) is 36.0 Å². The summed E-state index contributed by atoms with van der Waals surface area (Å²) in [4.78, 5) is 13.0. The highest BCUT2D eigenvalue weighted by molar-refractivity contribution is 7.89. The Balaban J connectivity index is 1.98. The van der Waals surface area contributed by atoms with Crippen LogP contribution in [0, 0.1) is 25.6 Å². The lowest BCUT2D eigenvalue weighted by Crippen LogP contribution is -2.39. The molecule has 8 heteroatoms. The first-order valence-corrected chi connectivity index (χ1v) is 10.8. The van der Waals surface area contributed by atoms with E-state index in [1.807, 2.05) is 6.92 Å². The van der Waals surface area contributed by atoms with Crippen molar-refractivity contribution < 1.29 is 17.6 Å². The molecule has 0 unspecified atom stereocenters. The standard InChI is InChI=1S/C20H26FN3O3S/c1-13-7-6-10-24(12-13)28(26,27)19-14(2)18(23(4)15(19)3)20(25)22-17-9-5-8-16(21)11-17/h5,8-9,11,13H,6-7,10,12H2,1-4H3,(H,22,25)/t13-/m0/s1. The maximum atomic E-state index is 13.4. The van der Waals surface area contributed by atoms with Crippen molar-refractivity contribution >= 4 is 21.6 Å². The number of carbonyl (C=O) groups is 1. The van der Waals surface area contributed by atoms with E-state index in [9.17, 15) is 17.6 Å². The van der Waals surface area contributed by atoms with Crippen LogP contribution in [-0.4, -0.2) is 36.3 Å². The third-order valence-electron chi connectivity index (χ3n) is 5.38. The smallest absolute Gasteiger partial charge is 0.272 e. The van der Waals surface area contributed by atoms with Crippen molar-refractivity contribution in [1.29, 1.82) is 0 Å². The Hall–Kier alpha value is -2.19. The second-order valence-electron chi connectivity index (χ2n) is 7.52. The lowest BCUT2D eigenvalue weighted by Gasteiger charge is -2.30. The van der Waals surface area contributed by atoms with Gasteiger partial charge in [0.1, 0.15) is 16.4 Å². The Morgan fingerprint density at radius 1 is 1.29 bits per heavy atom. The van der Waals surface area contributed by atoms with E-state index in [2.05, 4.69) is 5.32 Å². The molecule has 0 saturated carbocycles. The SMILES string of the molecule is Cc1c(S(=O)(=O)N2CCC[C@H](C)C2)c(C)n(C)c1C(=O)Nc1cccc(F)c1. The quantitative estimate of drug-likeness (QED) is 0.844. The highest BCUT2D eigenvalue weighted by Gasteiger charge is 2.35. The first-order valence-electron chi connectivity index (χ1n) is 9.36. The molecule has 1 aromatic carbocycles. The van der Waals surface area contributed by atoms with Crippen LogP contribution in [0.2, 0.25) is 0 Å². The third kappa shape index (κ3) is 3.71. The van der Waals surface area contributed by atoms with Crippen molar-refractivity contribution in [2.45, 2.75) is 38.5 Å². The fourth-order valence-electron chi connectivity index (χ4n) is 3.90. The molecule has 0 radical (unpaired) electrons. The van der Waals surface area contributed by atoms with Gasteiger partial charge in [0.25, 0.3) is 5.91 Å². The zero-order valence-electron chi connectivity index (χ0n) is 16.6. The summed E-state index contributed by atoms with van der Waals surface area (Å²) in [6.45, 7) is 6.37. The van der Waals surface area contributed by atoms with Gasteiger partial charge in [0.05, 0.1) is 0 Å². The average molecular weight is 408 g/mol. The number of nitrogens with one attached hydrogen (secondary N) is 1. The van der Waals surface area contributed by atoms with E-state index in [-0.39, 0.29) is 10.6 Å². The van der Waals surface area contributed by atoms with Gasteiger partial charge in [-0.05, 0) is 50.8 Å². The van der Waals surface area contributed by atoms with E-state index in [4.69, 9.17) is 0 Å². The molecule has 1 N–H and O–H groups in total. The second kappa shape index (κ2) is 7.67. The fourth-order valence-corrected chi connectivity index (χ4v) is 5.98. The van der Waals surface area contributed by atoms with Gasteiger partial charge in [-0.25, -0.2) is 12.8 Å². The predicted molar refractivity (Wildman–Crippen MR) is 106 cm³/mol. The van der Waals surface area contributed by atoms with E-state index < -0.39 is 21.7 Å². The summed E-state index contributed by atoms with van der Waals surface area (Å²) in [5, 5.41) is 2.65. The van der Waals surface area contributed by atoms with Gasteiger partial charge in [-0.15, -0.1) is 0 Å².